The number of nitrogens with one attached hydrogen (secondary N) is 2. The number of nitrogens with zero attached hydrogens (tertiary/aromatic N) is 2. The van der Waals surface area contributed by atoms with E-state index in [4.69, 9.17) is 4.74 Å². The Morgan fingerprint density at radius 1 is 0.621 bits per heavy atom. The summed E-state index contributed by atoms with van der Waals surface area (Å²) in [5, 5.41) is 5.28. The highest BCUT2D eigenvalue weighted by atomic mass is 32.2. The van der Waals surface area contributed by atoms with Gasteiger partial charge in [0, 0.05) is 46.3 Å². The van der Waals surface area contributed by atoms with E-state index in [1.807, 2.05) is 0 Å². The molecule has 0 spiro atoms. The Kier molecular flexibility index (Phi) is 16.4. The molecule has 0 saturated heterocycles. The van der Waals surface area contributed by atoms with Crippen molar-refractivity contribution in [3.63, 3.8) is 0 Å². The fourth-order valence-electron chi connectivity index (χ4n) is 7.05. The number of hydrogen-bond donors (Lipinski definition) is 2. The number of alkyl carbamates (subject to hydrolysis) is 1. The van der Waals surface area contributed by atoms with Gasteiger partial charge in [-0.3, -0.25) is 42.2 Å². The Morgan fingerprint density at radius 2 is 1.05 bits per heavy atom. The molecular formula is C43H62N4O9S2. The summed E-state index contributed by atoms with van der Waals surface area (Å²) >= 11 is 0. The van der Waals surface area contributed by atoms with Crippen LogP contribution in [-0.2, 0) is 31.1 Å². The van der Waals surface area contributed by atoms with Gasteiger partial charge < -0.3 is 15.4 Å². The predicted molar refractivity (Wildman–Crippen MR) is 226 cm³/mol. The minimum atomic E-state index is -1.81. The van der Waals surface area contributed by atoms with E-state index >= 15 is 0 Å². The van der Waals surface area contributed by atoms with Crippen molar-refractivity contribution in [1.29, 1.82) is 0 Å². The molecule has 0 aromatic heterocycles. The van der Waals surface area contributed by atoms with Gasteiger partial charge in [0.15, 0.2) is 0 Å². The zero-order valence-corrected chi connectivity index (χ0v) is 37.2. The standard InChI is InChI=1S/C43H62N4O9S2/c1-9-11-13-15-17-19-23-57(54)30-26-29-33-32-28(36(48)46(38(50)34(30)32)22-21-44-41(53)56-43(6,7)8)25-31(58(55)24-20-18-16-14-12-10-2)35(33)39(51)47(37(29)49)27-45-40(52)42(3,4)5/h25-26H,9-24,27H2,1-8H3,(H,44,53)(H,45,52). The number of carbonyl (C=O) groups is 6. The molecule has 2 aliphatic heterocycles. The summed E-state index contributed by atoms with van der Waals surface area (Å²) in [6.07, 6.45) is 10.4. The summed E-state index contributed by atoms with van der Waals surface area (Å²) in [6, 6.07) is 2.75. The van der Waals surface area contributed by atoms with E-state index in [2.05, 4.69) is 24.5 Å². The average molecular weight is 843 g/mol. The molecule has 2 aromatic carbocycles. The third-order valence-corrected chi connectivity index (χ3v) is 13.1. The molecule has 58 heavy (non-hydrogen) atoms. The van der Waals surface area contributed by atoms with Crippen LogP contribution < -0.4 is 10.6 Å². The largest absolute Gasteiger partial charge is 0.444 e. The van der Waals surface area contributed by atoms with Gasteiger partial charge in [0.25, 0.3) is 23.6 Å². The van der Waals surface area contributed by atoms with Gasteiger partial charge in [-0.15, -0.1) is 0 Å². The van der Waals surface area contributed by atoms with Gasteiger partial charge in [-0.25, -0.2) is 4.79 Å². The SMILES string of the molecule is CCCCCCCCS(=O)c1cc2c3c(c(S(=O)CCCCCCCC)cc4c3c1C(=O)N(CCNC(=O)OC(C)(C)C)C4=O)C(=O)N(CNC(=O)C(C)(C)C)C2=O. The van der Waals surface area contributed by atoms with Gasteiger partial charge in [0.05, 0.1) is 48.1 Å². The highest BCUT2D eigenvalue weighted by molar-refractivity contribution is 7.85. The quantitative estimate of drug-likeness (QED) is 0.0946. The highest BCUT2D eigenvalue weighted by Gasteiger charge is 2.44. The molecule has 0 aliphatic carbocycles. The maximum Gasteiger partial charge on any atom is 0.407 e. The van der Waals surface area contributed by atoms with Crippen molar-refractivity contribution in [3.8, 4) is 0 Å². The first-order valence-electron chi connectivity index (χ1n) is 20.8. The summed E-state index contributed by atoms with van der Waals surface area (Å²) in [6.45, 7) is 13.5. The van der Waals surface area contributed by atoms with Gasteiger partial charge in [-0.1, -0.05) is 98.8 Å². The van der Waals surface area contributed by atoms with Crippen molar-refractivity contribution < 1.29 is 41.9 Å². The van der Waals surface area contributed by atoms with Crippen molar-refractivity contribution in [3.05, 3.63) is 34.4 Å². The Bertz CT molecular complexity index is 1970. The molecule has 2 N–H and O–H groups in total. The lowest BCUT2D eigenvalue weighted by atomic mass is 9.85. The summed E-state index contributed by atoms with van der Waals surface area (Å²) in [5.74, 6) is -3.21. The maximum absolute atomic E-state index is 14.5. The number of amides is 6. The molecular weight excluding hydrogens is 781 g/mol. The van der Waals surface area contributed by atoms with Crippen LogP contribution in [0.25, 0.3) is 10.8 Å². The van der Waals surface area contributed by atoms with Crippen molar-refractivity contribution in [2.24, 2.45) is 5.41 Å². The fraction of sp³-hybridized carbons (Fsp3) is 0.628. The molecule has 0 saturated carbocycles. The van der Waals surface area contributed by atoms with Gasteiger partial charge in [0.1, 0.15) is 12.3 Å². The number of unbranched alkanes of at least 4 members (excludes halogenated alkanes) is 10. The minimum absolute atomic E-state index is 0.0146. The number of hydrogen-bond acceptors (Lipinski definition) is 9. The molecule has 0 radical (unpaired) electrons. The number of imide groups is 2. The second-order valence-electron chi connectivity index (χ2n) is 17.1. The van der Waals surface area contributed by atoms with Gasteiger partial charge >= 0.3 is 6.09 Å². The first-order chi connectivity index (χ1) is 27.3. The predicted octanol–water partition coefficient (Wildman–Crippen LogP) is 7.61. The summed E-state index contributed by atoms with van der Waals surface area (Å²) < 4.78 is 33.9. The molecule has 2 aromatic rings. The molecule has 320 valence electrons. The Balaban J connectivity index is 1.88. The Labute approximate surface area is 348 Å². The summed E-state index contributed by atoms with van der Waals surface area (Å²) in [5.41, 5.74) is -1.89. The molecule has 13 nitrogen and oxygen atoms in total. The number of carbonyl (C=O) groups excluding carboxylic acids is 6. The Morgan fingerprint density at radius 3 is 1.50 bits per heavy atom. The van der Waals surface area contributed by atoms with Crippen molar-refractivity contribution in [2.75, 3.05) is 31.3 Å². The highest BCUT2D eigenvalue weighted by Crippen LogP contribution is 2.43. The second-order valence-corrected chi connectivity index (χ2v) is 20.2. The third kappa shape index (κ3) is 11.2. The van der Waals surface area contributed by atoms with Crippen LogP contribution in [0, 0.1) is 5.41 Å². The number of benzene rings is 2. The van der Waals surface area contributed by atoms with E-state index in [1.165, 1.54) is 12.1 Å². The molecule has 2 aliphatic rings. The third-order valence-electron chi connectivity index (χ3n) is 10.1. The van der Waals surface area contributed by atoms with E-state index in [-0.39, 0.29) is 67.4 Å². The second kappa shape index (κ2) is 20.3. The lowest BCUT2D eigenvalue weighted by Crippen LogP contribution is -2.50. The fourth-order valence-corrected chi connectivity index (χ4v) is 9.75. The molecule has 2 heterocycles. The first-order valence-corrected chi connectivity index (χ1v) is 23.4. The van der Waals surface area contributed by atoms with Crippen molar-refractivity contribution in [1.82, 2.24) is 20.4 Å². The van der Waals surface area contributed by atoms with Crippen LogP contribution >= 0.6 is 0 Å². The number of ether oxygens (including phenoxy) is 1. The van der Waals surface area contributed by atoms with Crippen LogP contribution in [0.2, 0.25) is 0 Å². The molecule has 6 amide bonds. The van der Waals surface area contributed by atoms with Crippen LogP contribution in [0.4, 0.5) is 4.79 Å². The van der Waals surface area contributed by atoms with Crippen LogP contribution in [-0.4, -0.2) is 90.7 Å². The van der Waals surface area contributed by atoms with E-state index in [0.717, 1.165) is 74.0 Å². The monoisotopic (exact) mass is 842 g/mol. The van der Waals surface area contributed by atoms with Gasteiger partial charge in [0.2, 0.25) is 5.91 Å². The zero-order chi connectivity index (χ0) is 42.9. The summed E-state index contributed by atoms with van der Waals surface area (Å²) in [4.78, 5) is 85.2. The van der Waals surface area contributed by atoms with E-state index in [1.54, 1.807) is 41.5 Å². The molecule has 15 heteroatoms. The number of rotatable bonds is 21. The van der Waals surface area contributed by atoms with Crippen LogP contribution in [0.15, 0.2) is 21.9 Å². The lowest BCUT2D eigenvalue weighted by Gasteiger charge is -2.34. The molecule has 0 bridgehead atoms. The Hall–Kier alpha value is -3.98. The summed E-state index contributed by atoms with van der Waals surface area (Å²) in [7, 11) is -3.63. The van der Waals surface area contributed by atoms with E-state index in [9.17, 15) is 37.2 Å². The molecule has 4 rings (SSSR count). The van der Waals surface area contributed by atoms with E-state index in [0.29, 0.717) is 12.8 Å². The topological polar surface area (TPSA) is 176 Å². The lowest BCUT2D eigenvalue weighted by molar-refractivity contribution is -0.128. The molecule has 2 unspecified atom stereocenters. The maximum atomic E-state index is 14.5. The molecule has 2 atom stereocenters. The van der Waals surface area contributed by atoms with E-state index < -0.39 is 74.9 Å². The normalized spacial score (nSPS) is 15.2. The van der Waals surface area contributed by atoms with Crippen LogP contribution in [0.3, 0.4) is 0 Å². The van der Waals surface area contributed by atoms with Gasteiger partial charge in [-0.05, 0) is 45.7 Å². The first kappa shape index (κ1) is 46.7. The zero-order valence-electron chi connectivity index (χ0n) is 35.6. The van der Waals surface area contributed by atoms with Crippen LogP contribution in [0.1, 0.15) is 174 Å². The molecule has 0 fully saturated rings. The van der Waals surface area contributed by atoms with Gasteiger partial charge in [-0.2, -0.15) is 0 Å². The van der Waals surface area contributed by atoms with Crippen LogP contribution in [0.5, 0.6) is 0 Å². The van der Waals surface area contributed by atoms with Crippen molar-refractivity contribution >= 4 is 68.0 Å². The average Bonchev–Trinajstić information content (AvgIpc) is 3.15. The van der Waals surface area contributed by atoms with Crippen molar-refractivity contribution in [2.45, 2.75) is 148 Å². The minimum Gasteiger partial charge on any atom is -0.444 e. The smallest absolute Gasteiger partial charge is 0.407 e.